The molecule has 0 unspecified atom stereocenters. The molecule has 2 N–H and O–H groups in total. The van der Waals surface area contributed by atoms with Gasteiger partial charge in [-0.15, -0.1) is 0 Å². The van der Waals surface area contributed by atoms with Crippen molar-refractivity contribution < 1.29 is 9.21 Å². The molecule has 2 heterocycles. The number of likely N-dealkylation sites (tertiary alicyclic amines) is 1. The quantitative estimate of drug-likeness (QED) is 0.578. The lowest BCUT2D eigenvalue weighted by Gasteiger charge is -2.26. The van der Waals surface area contributed by atoms with Crippen LogP contribution in [0.4, 0.5) is 0 Å². The number of hydrogen-bond acceptors (Lipinski definition) is 4. The van der Waals surface area contributed by atoms with E-state index in [0.717, 1.165) is 55.1 Å². The summed E-state index contributed by atoms with van der Waals surface area (Å²) in [6.07, 6.45) is 3.43. The van der Waals surface area contributed by atoms with Crippen molar-refractivity contribution in [2.24, 2.45) is 4.99 Å². The van der Waals surface area contributed by atoms with Crippen LogP contribution in [0, 0.1) is 13.8 Å². The minimum absolute atomic E-state index is 0.131. The van der Waals surface area contributed by atoms with Gasteiger partial charge < -0.3 is 20.0 Å². The molecule has 29 heavy (non-hydrogen) atoms. The number of nitrogens with one attached hydrogen (secondary N) is 2. The Labute approximate surface area is 172 Å². The number of carbonyl (C=O) groups excluding carboxylic acids is 1. The number of carbonyl (C=O) groups is 1. The van der Waals surface area contributed by atoms with Gasteiger partial charge in [0, 0.05) is 25.2 Å². The molecular weight excluding hydrogens is 366 g/mol. The summed E-state index contributed by atoms with van der Waals surface area (Å²) in [5, 5.41) is 6.47. The largest absolute Gasteiger partial charge is 0.444 e. The zero-order valence-electron chi connectivity index (χ0n) is 17.6. The minimum atomic E-state index is 0.131. The Hall–Kier alpha value is -2.83. The summed E-state index contributed by atoms with van der Waals surface area (Å²) in [5.74, 6) is 2.31. The normalized spacial score (nSPS) is 14.7. The predicted molar refractivity (Wildman–Crippen MR) is 114 cm³/mol. The van der Waals surface area contributed by atoms with E-state index in [9.17, 15) is 4.79 Å². The lowest BCUT2D eigenvalue weighted by Crippen LogP contribution is -2.36. The van der Waals surface area contributed by atoms with Gasteiger partial charge in [-0.1, -0.05) is 12.1 Å². The zero-order valence-corrected chi connectivity index (χ0v) is 17.6. The van der Waals surface area contributed by atoms with Crippen LogP contribution in [0.5, 0.6) is 0 Å². The molecular formula is C22H31N5O2. The maximum absolute atomic E-state index is 12.6. The molecule has 156 valence electrons. The van der Waals surface area contributed by atoms with Gasteiger partial charge >= 0.3 is 0 Å². The molecule has 0 bridgehead atoms. The molecule has 1 aliphatic rings. The molecule has 1 amide bonds. The maximum atomic E-state index is 12.6. The second kappa shape index (κ2) is 10.1. The number of guanidine groups is 1. The van der Waals surface area contributed by atoms with E-state index in [1.165, 1.54) is 6.42 Å². The van der Waals surface area contributed by atoms with Crippen LogP contribution in [-0.4, -0.2) is 41.4 Å². The monoisotopic (exact) mass is 397 g/mol. The van der Waals surface area contributed by atoms with Gasteiger partial charge in [0.2, 0.25) is 5.89 Å². The van der Waals surface area contributed by atoms with Crippen molar-refractivity contribution in [2.45, 2.75) is 53.1 Å². The van der Waals surface area contributed by atoms with Gasteiger partial charge in [-0.25, -0.2) is 9.98 Å². The summed E-state index contributed by atoms with van der Waals surface area (Å²) in [5.41, 5.74) is 2.71. The number of oxazole rings is 1. The van der Waals surface area contributed by atoms with Crippen LogP contribution < -0.4 is 10.6 Å². The van der Waals surface area contributed by atoms with Gasteiger partial charge in [0.05, 0.1) is 18.8 Å². The SMILES string of the molecule is CCNC(=NCc1ccc(C(=O)N2CCCCC2)cc1)NCc1nc(C)c(C)o1. The third-order valence-electron chi connectivity index (χ3n) is 5.09. The van der Waals surface area contributed by atoms with Crippen molar-refractivity contribution in [2.75, 3.05) is 19.6 Å². The van der Waals surface area contributed by atoms with E-state index in [1.54, 1.807) is 0 Å². The fourth-order valence-electron chi connectivity index (χ4n) is 3.32. The average Bonchev–Trinajstić information content (AvgIpc) is 3.08. The molecule has 1 aromatic carbocycles. The number of aromatic nitrogens is 1. The first-order valence-corrected chi connectivity index (χ1v) is 10.4. The Kier molecular flexibility index (Phi) is 7.27. The van der Waals surface area contributed by atoms with Gasteiger partial charge in [-0.05, 0) is 57.7 Å². The molecule has 7 nitrogen and oxygen atoms in total. The Morgan fingerprint density at radius 2 is 1.86 bits per heavy atom. The number of aryl methyl sites for hydroxylation is 2. The van der Waals surface area contributed by atoms with E-state index in [1.807, 2.05) is 49.9 Å². The van der Waals surface area contributed by atoms with Gasteiger partial charge in [0.15, 0.2) is 5.96 Å². The summed E-state index contributed by atoms with van der Waals surface area (Å²) in [6, 6.07) is 7.76. The molecule has 0 saturated carbocycles. The smallest absolute Gasteiger partial charge is 0.253 e. The minimum Gasteiger partial charge on any atom is -0.444 e. The second-order valence-corrected chi connectivity index (χ2v) is 7.35. The van der Waals surface area contributed by atoms with Gasteiger partial charge in [-0.2, -0.15) is 0 Å². The van der Waals surface area contributed by atoms with Crippen LogP contribution in [0.25, 0.3) is 0 Å². The average molecular weight is 398 g/mol. The van der Waals surface area contributed by atoms with E-state index in [4.69, 9.17) is 4.42 Å². The lowest BCUT2D eigenvalue weighted by molar-refractivity contribution is 0.0724. The zero-order chi connectivity index (χ0) is 20.6. The molecule has 2 aromatic rings. The molecule has 7 heteroatoms. The Morgan fingerprint density at radius 1 is 1.14 bits per heavy atom. The van der Waals surface area contributed by atoms with Gasteiger partial charge in [0.25, 0.3) is 5.91 Å². The molecule has 1 aliphatic heterocycles. The van der Waals surface area contributed by atoms with Crippen LogP contribution in [0.3, 0.4) is 0 Å². The van der Waals surface area contributed by atoms with E-state index in [0.29, 0.717) is 24.9 Å². The summed E-state index contributed by atoms with van der Waals surface area (Å²) >= 11 is 0. The summed E-state index contributed by atoms with van der Waals surface area (Å²) < 4.78 is 5.60. The van der Waals surface area contributed by atoms with Crippen molar-refractivity contribution in [1.82, 2.24) is 20.5 Å². The third-order valence-corrected chi connectivity index (χ3v) is 5.09. The summed E-state index contributed by atoms with van der Waals surface area (Å²) in [7, 11) is 0. The maximum Gasteiger partial charge on any atom is 0.253 e. The molecule has 0 spiro atoms. The van der Waals surface area contributed by atoms with Gasteiger partial charge in [-0.3, -0.25) is 4.79 Å². The van der Waals surface area contributed by atoms with Crippen LogP contribution in [-0.2, 0) is 13.1 Å². The fourth-order valence-corrected chi connectivity index (χ4v) is 3.32. The van der Waals surface area contributed by atoms with Crippen molar-refractivity contribution in [3.8, 4) is 0 Å². The molecule has 1 fully saturated rings. The lowest BCUT2D eigenvalue weighted by atomic mass is 10.1. The molecule has 0 radical (unpaired) electrons. The van der Waals surface area contributed by atoms with Crippen molar-refractivity contribution in [1.29, 1.82) is 0 Å². The van der Waals surface area contributed by atoms with E-state index in [2.05, 4.69) is 20.6 Å². The molecule has 0 aliphatic carbocycles. The number of rotatable bonds is 6. The van der Waals surface area contributed by atoms with E-state index in [-0.39, 0.29) is 5.91 Å². The van der Waals surface area contributed by atoms with E-state index >= 15 is 0 Å². The number of nitrogens with zero attached hydrogens (tertiary/aromatic N) is 3. The first kappa shape index (κ1) is 20.9. The number of aliphatic imine (C=N–C) groups is 1. The Morgan fingerprint density at radius 3 is 2.48 bits per heavy atom. The first-order chi connectivity index (χ1) is 14.1. The molecule has 3 rings (SSSR count). The number of amides is 1. The third kappa shape index (κ3) is 5.82. The van der Waals surface area contributed by atoms with Crippen LogP contribution in [0.1, 0.15) is 59.5 Å². The topological polar surface area (TPSA) is 82.8 Å². The van der Waals surface area contributed by atoms with Crippen LogP contribution in [0.15, 0.2) is 33.7 Å². The number of benzene rings is 1. The highest BCUT2D eigenvalue weighted by molar-refractivity contribution is 5.94. The first-order valence-electron chi connectivity index (χ1n) is 10.4. The van der Waals surface area contributed by atoms with Gasteiger partial charge in [0.1, 0.15) is 5.76 Å². The van der Waals surface area contributed by atoms with Crippen molar-refractivity contribution in [3.05, 3.63) is 52.7 Å². The van der Waals surface area contributed by atoms with Crippen molar-refractivity contribution >= 4 is 11.9 Å². The number of hydrogen-bond donors (Lipinski definition) is 2. The Balaban J connectivity index is 1.57. The molecule has 0 atom stereocenters. The van der Waals surface area contributed by atoms with Crippen LogP contribution in [0.2, 0.25) is 0 Å². The van der Waals surface area contributed by atoms with E-state index < -0.39 is 0 Å². The summed E-state index contributed by atoms with van der Waals surface area (Å²) in [4.78, 5) is 23.5. The highest BCUT2D eigenvalue weighted by Gasteiger charge is 2.17. The molecule has 1 aromatic heterocycles. The molecule has 1 saturated heterocycles. The standard InChI is InChI=1S/C22H31N5O2/c1-4-23-22(25-15-20-26-16(2)17(3)29-20)24-14-18-8-10-19(11-9-18)21(28)27-12-6-5-7-13-27/h8-11H,4-7,12-15H2,1-3H3,(H2,23,24,25). The van der Waals surface area contributed by atoms with Crippen LogP contribution >= 0.6 is 0 Å². The van der Waals surface area contributed by atoms with Crippen molar-refractivity contribution in [3.63, 3.8) is 0 Å². The second-order valence-electron chi connectivity index (χ2n) is 7.35. The highest BCUT2D eigenvalue weighted by Crippen LogP contribution is 2.14. The summed E-state index contributed by atoms with van der Waals surface area (Å²) in [6.45, 7) is 9.36. The predicted octanol–water partition coefficient (Wildman–Crippen LogP) is 3.17. The Bertz CT molecular complexity index is 816. The fraction of sp³-hybridized carbons (Fsp3) is 0.500. The highest BCUT2D eigenvalue weighted by atomic mass is 16.4. The number of piperidine rings is 1.